The molecule has 1 aromatic rings. The Kier molecular flexibility index (Phi) is 4.83. The van der Waals surface area contributed by atoms with Crippen LogP contribution in [0.15, 0.2) is 48.2 Å². The van der Waals surface area contributed by atoms with Gasteiger partial charge in [0.25, 0.3) is 0 Å². The highest BCUT2D eigenvalue weighted by Gasteiger charge is 2.33. The second-order valence-electron chi connectivity index (χ2n) is 4.95. The summed E-state index contributed by atoms with van der Waals surface area (Å²) in [5.41, 5.74) is 0.662. The number of carbonyl (C=O) groups excluding carboxylic acids is 1. The molecule has 8 heteroatoms. The van der Waals surface area contributed by atoms with Gasteiger partial charge in [-0.3, -0.25) is 9.88 Å². The van der Waals surface area contributed by atoms with Crippen molar-refractivity contribution < 1.29 is 29.4 Å². The first-order valence-electron chi connectivity index (χ1n) is 6.48. The zero-order chi connectivity index (χ0) is 16.3. The first-order valence-corrected chi connectivity index (χ1v) is 8.09. The maximum atomic E-state index is 12.0. The molecule has 5 N–H and O–H groups in total. The number of benzene rings is 1. The third kappa shape index (κ3) is 4.29. The first-order chi connectivity index (χ1) is 10.3. The van der Waals surface area contributed by atoms with E-state index in [0.717, 1.165) is 0 Å². The molecule has 2 atom stereocenters. The fourth-order valence-corrected chi connectivity index (χ4v) is 2.82. The summed E-state index contributed by atoms with van der Waals surface area (Å²) in [6, 6.07) is 6.10. The van der Waals surface area contributed by atoms with Gasteiger partial charge >= 0.3 is 7.75 Å². The van der Waals surface area contributed by atoms with Gasteiger partial charge in [-0.15, -0.1) is 0 Å². The molecule has 0 radical (unpaired) electrons. The Labute approximate surface area is 126 Å². The van der Waals surface area contributed by atoms with Gasteiger partial charge in [0.1, 0.15) is 5.75 Å². The molecular formula is C14H16NO6P. The van der Waals surface area contributed by atoms with Crippen molar-refractivity contribution in [3.8, 4) is 5.75 Å². The van der Waals surface area contributed by atoms with E-state index in [9.17, 15) is 19.6 Å². The molecule has 0 aliphatic heterocycles. The van der Waals surface area contributed by atoms with Crippen LogP contribution in [0, 0.1) is 5.92 Å². The number of nitrogens with one attached hydrogen (secondary N) is 1. The minimum absolute atomic E-state index is 0.0212. The molecule has 0 spiro atoms. The summed E-state index contributed by atoms with van der Waals surface area (Å²) < 4.78 is 11.1. The fourth-order valence-electron chi connectivity index (χ4n) is 2.27. The fraction of sp³-hybridized carbons (Fsp3) is 0.214. The van der Waals surface area contributed by atoms with Crippen LogP contribution in [-0.4, -0.2) is 31.9 Å². The number of hydrogen-bond donors (Lipinski definition) is 5. The number of carbonyl (C=O) groups is 1. The van der Waals surface area contributed by atoms with Crippen LogP contribution >= 0.6 is 7.75 Å². The molecule has 0 amide bonds. The van der Waals surface area contributed by atoms with E-state index < -0.39 is 25.6 Å². The average molecular weight is 325 g/mol. The Morgan fingerprint density at radius 2 is 1.86 bits per heavy atom. The summed E-state index contributed by atoms with van der Waals surface area (Å²) in [5, 5.41) is 21.5. The third-order valence-corrected chi connectivity index (χ3v) is 3.77. The molecule has 0 saturated heterocycles. The maximum Gasteiger partial charge on any atom is 0.427 e. The van der Waals surface area contributed by atoms with E-state index in [4.69, 9.17) is 9.79 Å². The number of ketones is 1. The number of hydrogen-bond acceptors (Lipinski definition) is 4. The number of aliphatic hydroxyl groups excluding tert-OH is 1. The molecule has 0 fully saturated rings. The van der Waals surface area contributed by atoms with Crippen LogP contribution in [0.5, 0.6) is 5.75 Å². The van der Waals surface area contributed by atoms with E-state index in [0.29, 0.717) is 5.56 Å². The minimum atomic E-state index is -4.58. The van der Waals surface area contributed by atoms with E-state index in [-0.39, 0.29) is 17.9 Å². The highest BCUT2D eigenvalue weighted by molar-refractivity contribution is 7.49. The SMILES string of the molecule is O=C1C=CC=C(NP(=O)(O)O)C1C(O)Cc1ccc(O)cc1. The quantitative estimate of drug-likeness (QED) is 0.502. The second kappa shape index (κ2) is 6.46. The van der Waals surface area contributed by atoms with E-state index >= 15 is 0 Å². The molecule has 2 unspecified atom stereocenters. The van der Waals surface area contributed by atoms with Crippen molar-refractivity contribution in [3.05, 3.63) is 53.8 Å². The molecule has 118 valence electrons. The van der Waals surface area contributed by atoms with Gasteiger partial charge in [-0.2, -0.15) is 0 Å². The van der Waals surface area contributed by atoms with Crippen LogP contribution < -0.4 is 5.09 Å². The van der Waals surface area contributed by atoms with E-state index in [2.05, 4.69) is 0 Å². The Morgan fingerprint density at radius 3 is 2.45 bits per heavy atom. The Bertz CT molecular complexity index is 660. The van der Waals surface area contributed by atoms with E-state index in [1.54, 1.807) is 12.1 Å². The highest BCUT2D eigenvalue weighted by Crippen LogP contribution is 2.34. The summed E-state index contributed by atoms with van der Waals surface area (Å²) in [4.78, 5) is 29.9. The van der Waals surface area contributed by atoms with Gasteiger partial charge in [0.15, 0.2) is 5.78 Å². The maximum absolute atomic E-state index is 12.0. The van der Waals surface area contributed by atoms with Crippen LogP contribution in [0.2, 0.25) is 0 Å². The summed E-state index contributed by atoms with van der Waals surface area (Å²) in [7, 11) is -4.58. The van der Waals surface area contributed by atoms with Crippen molar-refractivity contribution in [2.45, 2.75) is 12.5 Å². The lowest BCUT2D eigenvalue weighted by atomic mass is 9.87. The monoisotopic (exact) mass is 325 g/mol. The van der Waals surface area contributed by atoms with Crippen LogP contribution in [-0.2, 0) is 15.8 Å². The standard InChI is InChI=1S/C14H16NO6P/c16-10-6-4-9(5-7-10)8-13(18)14-11(15-22(19,20)21)2-1-3-12(14)17/h1-7,13-14,16,18H,8H2,(H3,15,19,20,21). The van der Waals surface area contributed by atoms with Gasteiger partial charge in [0.2, 0.25) is 0 Å². The van der Waals surface area contributed by atoms with Crippen LogP contribution in [0.3, 0.4) is 0 Å². The Hall–Kier alpha value is -1.92. The van der Waals surface area contributed by atoms with Gasteiger partial charge in [0.05, 0.1) is 12.0 Å². The molecule has 1 aliphatic rings. The summed E-state index contributed by atoms with van der Waals surface area (Å²) in [6.45, 7) is 0. The van der Waals surface area contributed by atoms with Gasteiger partial charge in [0, 0.05) is 5.70 Å². The van der Waals surface area contributed by atoms with Crippen molar-refractivity contribution in [1.29, 1.82) is 0 Å². The van der Waals surface area contributed by atoms with Crippen molar-refractivity contribution in [2.75, 3.05) is 0 Å². The first kappa shape index (κ1) is 16.5. The predicted molar refractivity (Wildman–Crippen MR) is 78.7 cm³/mol. The smallest absolute Gasteiger partial charge is 0.427 e. The van der Waals surface area contributed by atoms with Crippen LogP contribution in [0.1, 0.15) is 5.56 Å². The highest BCUT2D eigenvalue weighted by atomic mass is 31.2. The molecule has 7 nitrogen and oxygen atoms in total. The predicted octanol–water partition coefficient (Wildman–Crippen LogP) is 0.617. The zero-order valence-corrected chi connectivity index (χ0v) is 12.4. The number of aromatic hydroxyl groups is 1. The molecule has 22 heavy (non-hydrogen) atoms. The van der Waals surface area contributed by atoms with E-state index in [1.807, 2.05) is 5.09 Å². The molecule has 0 saturated carbocycles. The zero-order valence-electron chi connectivity index (χ0n) is 11.5. The third-order valence-electron chi connectivity index (χ3n) is 3.22. The molecule has 0 heterocycles. The number of aliphatic hydroxyl groups is 1. The summed E-state index contributed by atoms with van der Waals surface area (Å²) >= 11 is 0. The number of phenols is 1. The number of allylic oxidation sites excluding steroid dienone is 3. The second-order valence-corrected chi connectivity index (χ2v) is 6.27. The lowest BCUT2D eigenvalue weighted by Gasteiger charge is -2.26. The molecular weight excluding hydrogens is 309 g/mol. The van der Waals surface area contributed by atoms with Crippen molar-refractivity contribution in [3.63, 3.8) is 0 Å². The Balaban J connectivity index is 2.17. The normalized spacial score (nSPS) is 19.7. The van der Waals surface area contributed by atoms with Gasteiger partial charge in [-0.1, -0.05) is 18.2 Å². The topological polar surface area (TPSA) is 127 Å². The van der Waals surface area contributed by atoms with Crippen LogP contribution in [0.25, 0.3) is 0 Å². The van der Waals surface area contributed by atoms with Crippen molar-refractivity contribution in [1.82, 2.24) is 5.09 Å². The minimum Gasteiger partial charge on any atom is -0.508 e. The van der Waals surface area contributed by atoms with Crippen LogP contribution in [0.4, 0.5) is 0 Å². The summed E-state index contributed by atoms with van der Waals surface area (Å²) in [6.07, 6.45) is 2.91. The molecule has 2 rings (SSSR count). The summed E-state index contributed by atoms with van der Waals surface area (Å²) in [5.74, 6) is -1.44. The van der Waals surface area contributed by atoms with Gasteiger partial charge < -0.3 is 20.0 Å². The Morgan fingerprint density at radius 1 is 1.23 bits per heavy atom. The number of phenolic OH excluding ortho intramolecular Hbond substituents is 1. The van der Waals surface area contributed by atoms with E-state index in [1.165, 1.54) is 30.4 Å². The lowest BCUT2D eigenvalue weighted by molar-refractivity contribution is -0.120. The lowest BCUT2D eigenvalue weighted by Crippen LogP contribution is -2.36. The average Bonchev–Trinajstić information content (AvgIpc) is 2.39. The van der Waals surface area contributed by atoms with Crippen molar-refractivity contribution >= 4 is 13.5 Å². The molecule has 1 aliphatic carbocycles. The molecule has 0 aromatic heterocycles. The number of rotatable bonds is 5. The molecule has 1 aromatic carbocycles. The van der Waals surface area contributed by atoms with Gasteiger partial charge in [-0.05, 0) is 36.3 Å². The van der Waals surface area contributed by atoms with Gasteiger partial charge in [-0.25, -0.2) is 4.57 Å². The molecule has 0 bridgehead atoms. The van der Waals surface area contributed by atoms with Crippen molar-refractivity contribution in [2.24, 2.45) is 5.92 Å². The largest absolute Gasteiger partial charge is 0.508 e.